The number of ether oxygens (including phenoxy) is 2. The third-order valence-electron chi connectivity index (χ3n) is 10.8. The zero-order valence-electron chi connectivity index (χ0n) is 33.5. The predicted molar refractivity (Wildman–Crippen MR) is 206 cm³/mol. The summed E-state index contributed by atoms with van der Waals surface area (Å²) in [7, 11) is 6.40. The second-order valence-electron chi connectivity index (χ2n) is 14.7. The van der Waals surface area contributed by atoms with Crippen molar-refractivity contribution in [3.05, 3.63) is 35.9 Å². The first-order valence-corrected chi connectivity index (χ1v) is 18.8. The molecule has 1 aromatic carbocycles. The summed E-state index contributed by atoms with van der Waals surface area (Å²) < 4.78 is 11.9. The lowest BCUT2D eigenvalue weighted by molar-refractivity contribution is -0.147. The van der Waals surface area contributed by atoms with Crippen LogP contribution in [0.4, 0.5) is 0 Å². The number of likely N-dealkylation sites (tertiary alicyclic amines) is 1. The summed E-state index contributed by atoms with van der Waals surface area (Å²) in [6.07, 6.45) is 0.897. The maximum absolute atomic E-state index is 14.2. The molecule has 0 unspecified atom stereocenters. The average molecular weight is 744 g/mol. The van der Waals surface area contributed by atoms with E-state index in [-0.39, 0.29) is 42.4 Å². The summed E-state index contributed by atoms with van der Waals surface area (Å²) in [6, 6.07) is 5.33. The first-order chi connectivity index (χ1) is 25.1. The molecule has 0 radical (unpaired) electrons. The van der Waals surface area contributed by atoms with Crippen molar-refractivity contribution >= 4 is 36.3 Å². The molecule has 0 aromatic heterocycles. The normalized spacial score (nSPS) is 19.5. The molecular formula is C39H65N7O7. The Bertz CT molecular complexity index is 1360. The lowest BCUT2D eigenvalue weighted by Crippen LogP contribution is -2.60. The second-order valence-corrected chi connectivity index (χ2v) is 14.7. The fraction of sp³-hybridized carbons (Fsp3) is 0.692. The Labute approximate surface area is 316 Å². The van der Waals surface area contributed by atoms with Crippen molar-refractivity contribution in [3.63, 3.8) is 0 Å². The van der Waals surface area contributed by atoms with Gasteiger partial charge < -0.3 is 41.0 Å². The molecular weight excluding hydrogens is 678 g/mol. The van der Waals surface area contributed by atoms with E-state index < -0.39 is 66.2 Å². The number of likely N-dealkylation sites (N-methyl/N-ethyl adjacent to an activating group) is 2. The SMILES string of the molecule is C=N[C@@H](C)[C@H](NC(=O)[C@@H](NC)C(C)C)C(=O)N(C)[C@@H]([C@@H](C)CC)[C@@H](CC(=O)N1CCC[C@H]1[C@H](OC)[C@@H](C)C(=O)N[C@@H](Cc1ccccc1)C(N)=O)OC. The Morgan fingerprint density at radius 1 is 1.00 bits per heavy atom. The van der Waals surface area contributed by atoms with Gasteiger partial charge in [-0.15, -0.1) is 0 Å². The summed E-state index contributed by atoms with van der Waals surface area (Å²) in [5.74, 6) is -2.73. The van der Waals surface area contributed by atoms with E-state index in [0.29, 0.717) is 25.8 Å². The standard InChI is InChI=1S/C39H65N7O7/c1-12-24(4)34(45(9)39(51)33(26(6)41-7)44-38(50)32(42-8)23(2)3)30(52-10)22-31(47)46-20-16-19-29(46)35(53-11)25(5)37(49)43-28(36(40)48)21-27-17-14-13-15-18-27/h13-15,17-18,23-26,28-30,32-35,42H,7,12,16,19-22H2,1-6,8-11H3,(H2,40,48)(H,43,49)(H,44,50)/t24-,25+,26-,28-,29-,30+,32-,33-,34-,35+/m0/s1. The number of nitrogens with two attached hydrogens (primary N) is 1. The number of carbonyl (C=O) groups is 5. The predicted octanol–water partition coefficient (Wildman–Crippen LogP) is 1.94. The molecule has 1 aliphatic heterocycles. The van der Waals surface area contributed by atoms with Gasteiger partial charge in [0.2, 0.25) is 29.5 Å². The van der Waals surface area contributed by atoms with Gasteiger partial charge in [0.05, 0.1) is 48.7 Å². The van der Waals surface area contributed by atoms with Gasteiger partial charge in [0, 0.05) is 34.2 Å². The molecule has 53 heavy (non-hydrogen) atoms. The first-order valence-electron chi connectivity index (χ1n) is 18.8. The van der Waals surface area contributed by atoms with Crippen LogP contribution in [0.15, 0.2) is 35.3 Å². The number of hydrogen-bond donors (Lipinski definition) is 4. The van der Waals surface area contributed by atoms with E-state index in [1.54, 1.807) is 37.7 Å². The Morgan fingerprint density at radius 2 is 1.64 bits per heavy atom. The maximum atomic E-state index is 14.2. The monoisotopic (exact) mass is 743 g/mol. The number of nitrogens with zero attached hydrogens (tertiary/aromatic N) is 3. The molecule has 0 aliphatic carbocycles. The number of carbonyl (C=O) groups excluding carboxylic acids is 5. The summed E-state index contributed by atoms with van der Waals surface area (Å²) >= 11 is 0. The van der Waals surface area contributed by atoms with Gasteiger partial charge in [0.1, 0.15) is 12.1 Å². The van der Waals surface area contributed by atoms with Crippen LogP contribution < -0.4 is 21.7 Å². The first kappa shape index (κ1) is 45.3. The van der Waals surface area contributed by atoms with Crippen LogP contribution >= 0.6 is 0 Å². The fourth-order valence-electron chi connectivity index (χ4n) is 7.41. The van der Waals surface area contributed by atoms with Crippen LogP contribution in [-0.4, -0.2) is 129 Å². The van der Waals surface area contributed by atoms with E-state index in [1.165, 1.54) is 14.2 Å². The van der Waals surface area contributed by atoms with Gasteiger partial charge in [-0.2, -0.15) is 0 Å². The van der Waals surface area contributed by atoms with Crippen molar-refractivity contribution in [1.29, 1.82) is 0 Å². The number of primary amides is 1. The molecule has 2 rings (SSSR count). The third kappa shape index (κ3) is 12.1. The van der Waals surface area contributed by atoms with Crippen LogP contribution in [0.25, 0.3) is 0 Å². The fourth-order valence-corrected chi connectivity index (χ4v) is 7.41. The molecule has 14 heteroatoms. The molecule has 1 aromatic rings. The number of methoxy groups -OCH3 is 2. The van der Waals surface area contributed by atoms with E-state index in [4.69, 9.17) is 15.2 Å². The summed E-state index contributed by atoms with van der Waals surface area (Å²) in [4.78, 5) is 74.8. The van der Waals surface area contributed by atoms with E-state index >= 15 is 0 Å². The lowest BCUT2D eigenvalue weighted by Gasteiger charge is -2.41. The molecule has 10 atom stereocenters. The van der Waals surface area contributed by atoms with Gasteiger partial charge in [-0.1, -0.05) is 71.4 Å². The second kappa shape index (κ2) is 21.7. The van der Waals surface area contributed by atoms with Crippen LogP contribution in [0.3, 0.4) is 0 Å². The van der Waals surface area contributed by atoms with Crippen LogP contribution in [0.2, 0.25) is 0 Å². The molecule has 0 spiro atoms. The van der Waals surface area contributed by atoms with Crippen molar-refractivity contribution in [2.24, 2.45) is 28.5 Å². The highest BCUT2D eigenvalue weighted by atomic mass is 16.5. The number of amides is 5. The minimum atomic E-state index is -0.987. The average Bonchev–Trinajstić information content (AvgIpc) is 3.62. The van der Waals surface area contributed by atoms with Crippen molar-refractivity contribution in [3.8, 4) is 0 Å². The number of rotatable bonds is 22. The van der Waals surface area contributed by atoms with Gasteiger partial charge in [0.15, 0.2) is 0 Å². The van der Waals surface area contributed by atoms with Crippen molar-refractivity contribution in [1.82, 2.24) is 25.8 Å². The molecule has 1 saturated heterocycles. The topological polar surface area (TPSA) is 185 Å². The Kier molecular flexibility index (Phi) is 18.6. The molecule has 1 aliphatic rings. The van der Waals surface area contributed by atoms with E-state index in [0.717, 1.165) is 5.56 Å². The lowest BCUT2D eigenvalue weighted by atomic mass is 9.89. The highest BCUT2D eigenvalue weighted by molar-refractivity contribution is 5.91. The third-order valence-corrected chi connectivity index (χ3v) is 10.8. The number of hydrogen-bond acceptors (Lipinski definition) is 9. The smallest absolute Gasteiger partial charge is 0.247 e. The van der Waals surface area contributed by atoms with Crippen molar-refractivity contribution in [2.75, 3.05) is 34.9 Å². The van der Waals surface area contributed by atoms with Crippen molar-refractivity contribution in [2.45, 2.75) is 122 Å². The summed E-state index contributed by atoms with van der Waals surface area (Å²) in [6.45, 7) is 15.4. The Morgan fingerprint density at radius 3 is 2.15 bits per heavy atom. The Hall–Kier alpha value is -3.88. The number of nitrogens with one attached hydrogen (secondary N) is 3. The molecule has 298 valence electrons. The molecule has 5 amide bonds. The zero-order valence-corrected chi connectivity index (χ0v) is 33.5. The Balaban J connectivity index is 2.29. The molecule has 1 fully saturated rings. The largest absolute Gasteiger partial charge is 0.379 e. The molecule has 14 nitrogen and oxygen atoms in total. The van der Waals surface area contributed by atoms with Gasteiger partial charge in [-0.3, -0.25) is 29.0 Å². The molecule has 0 bridgehead atoms. The number of aliphatic imine (C=N–C) groups is 1. The summed E-state index contributed by atoms with van der Waals surface area (Å²) in [5.41, 5.74) is 6.52. The maximum Gasteiger partial charge on any atom is 0.247 e. The zero-order chi connectivity index (χ0) is 40.0. The van der Waals surface area contributed by atoms with E-state index in [9.17, 15) is 24.0 Å². The van der Waals surface area contributed by atoms with Gasteiger partial charge >= 0.3 is 0 Å². The number of benzene rings is 1. The minimum Gasteiger partial charge on any atom is -0.379 e. The van der Waals surface area contributed by atoms with Gasteiger partial charge in [-0.05, 0) is 50.9 Å². The highest BCUT2D eigenvalue weighted by Crippen LogP contribution is 2.29. The molecule has 0 saturated carbocycles. The summed E-state index contributed by atoms with van der Waals surface area (Å²) in [5, 5.41) is 8.71. The molecule has 1 heterocycles. The quantitative estimate of drug-likeness (QED) is 0.130. The van der Waals surface area contributed by atoms with Crippen LogP contribution in [0.1, 0.15) is 72.8 Å². The molecule has 5 N–H and O–H groups in total. The van der Waals surface area contributed by atoms with Gasteiger partial charge in [0.25, 0.3) is 0 Å². The van der Waals surface area contributed by atoms with E-state index in [2.05, 4.69) is 27.7 Å². The minimum absolute atomic E-state index is 0.0200. The van der Waals surface area contributed by atoms with Crippen LogP contribution in [0, 0.1) is 17.8 Å². The highest BCUT2D eigenvalue weighted by Gasteiger charge is 2.43. The van der Waals surface area contributed by atoms with Gasteiger partial charge in [-0.25, -0.2) is 0 Å². The van der Waals surface area contributed by atoms with Crippen LogP contribution in [0.5, 0.6) is 0 Å². The van der Waals surface area contributed by atoms with Crippen molar-refractivity contribution < 1.29 is 33.4 Å². The van der Waals surface area contributed by atoms with E-state index in [1.807, 2.05) is 58.0 Å². The van der Waals surface area contributed by atoms with Crippen LogP contribution in [-0.2, 0) is 39.9 Å².